The van der Waals surface area contributed by atoms with Crippen molar-refractivity contribution in [3.8, 4) is 0 Å². The van der Waals surface area contributed by atoms with Crippen LogP contribution < -0.4 is 4.72 Å². The number of carbonyl (C=O) groups is 1. The largest absolute Gasteiger partial charge is 0.478 e. The number of carboxylic acids is 1. The first-order chi connectivity index (χ1) is 9.15. The van der Waals surface area contributed by atoms with E-state index in [4.69, 9.17) is 5.11 Å². The first kappa shape index (κ1) is 16.9. The molecular formula is C13H16BrNO4S. The van der Waals surface area contributed by atoms with E-state index in [-0.39, 0.29) is 17.0 Å². The lowest BCUT2D eigenvalue weighted by molar-refractivity contribution is 0.0695. The second-order valence-electron chi connectivity index (χ2n) is 4.52. The molecule has 0 atom stereocenters. The molecule has 0 spiro atoms. The molecule has 0 aliphatic rings. The zero-order valence-electron chi connectivity index (χ0n) is 11.4. The van der Waals surface area contributed by atoms with Crippen molar-refractivity contribution in [1.29, 1.82) is 0 Å². The minimum absolute atomic E-state index is 0.0398. The molecule has 0 aliphatic heterocycles. The number of carboxylic acid groups (broad SMARTS) is 1. The van der Waals surface area contributed by atoms with Crippen molar-refractivity contribution in [2.45, 2.75) is 25.7 Å². The van der Waals surface area contributed by atoms with Crippen LogP contribution in [0.25, 0.3) is 0 Å². The standard InChI is InChI=1S/C13H16BrNO4S/c1-8(2)4-5-15-20(18,19)10-6-11(13(16)17)9(3)12(14)7-10/h4,6-7,15H,5H2,1-3H3,(H,16,17). The molecule has 7 heteroatoms. The maximum atomic E-state index is 12.1. The van der Waals surface area contributed by atoms with Crippen LogP contribution in [0.15, 0.2) is 33.2 Å². The highest BCUT2D eigenvalue weighted by molar-refractivity contribution is 9.10. The average Bonchev–Trinajstić information content (AvgIpc) is 2.31. The van der Waals surface area contributed by atoms with Crippen molar-refractivity contribution in [2.24, 2.45) is 0 Å². The van der Waals surface area contributed by atoms with E-state index in [0.717, 1.165) is 11.6 Å². The van der Waals surface area contributed by atoms with Gasteiger partial charge in [0.1, 0.15) is 0 Å². The molecule has 0 aliphatic carbocycles. The summed E-state index contributed by atoms with van der Waals surface area (Å²) in [6.07, 6.45) is 1.74. The van der Waals surface area contributed by atoms with Crippen molar-refractivity contribution < 1.29 is 18.3 Å². The number of nitrogens with one attached hydrogen (secondary N) is 1. The number of allylic oxidation sites excluding steroid dienone is 1. The van der Waals surface area contributed by atoms with Crippen LogP contribution in [0.4, 0.5) is 0 Å². The van der Waals surface area contributed by atoms with Gasteiger partial charge in [-0.1, -0.05) is 27.6 Å². The Labute approximate surface area is 126 Å². The third kappa shape index (κ3) is 4.16. The summed E-state index contributed by atoms with van der Waals surface area (Å²) >= 11 is 3.18. The molecule has 0 aromatic heterocycles. The Hall–Kier alpha value is -1.18. The number of rotatable bonds is 5. The summed E-state index contributed by atoms with van der Waals surface area (Å²) in [5, 5.41) is 9.08. The number of sulfonamides is 1. The number of aromatic carboxylic acids is 1. The first-order valence-corrected chi connectivity index (χ1v) is 8.09. The van der Waals surface area contributed by atoms with E-state index in [1.807, 2.05) is 13.8 Å². The minimum Gasteiger partial charge on any atom is -0.478 e. The summed E-state index contributed by atoms with van der Waals surface area (Å²) in [7, 11) is -3.74. The molecule has 2 N–H and O–H groups in total. The molecule has 0 heterocycles. The van der Waals surface area contributed by atoms with Gasteiger partial charge in [-0.25, -0.2) is 17.9 Å². The summed E-state index contributed by atoms with van der Waals surface area (Å²) in [6.45, 7) is 5.50. The summed E-state index contributed by atoms with van der Waals surface area (Å²) in [5.74, 6) is -1.16. The van der Waals surface area contributed by atoms with Crippen LogP contribution in [0.5, 0.6) is 0 Å². The highest BCUT2D eigenvalue weighted by Crippen LogP contribution is 2.24. The third-order valence-corrected chi connectivity index (χ3v) is 4.87. The number of benzene rings is 1. The Morgan fingerprint density at radius 3 is 2.50 bits per heavy atom. The van der Waals surface area contributed by atoms with E-state index < -0.39 is 16.0 Å². The van der Waals surface area contributed by atoms with Gasteiger partial charge in [0.15, 0.2) is 0 Å². The number of hydrogen-bond donors (Lipinski definition) is 2. The lowest BCUT2D eigenvalue weighted by atomic mass is 10.1. The van der Waals surface area contributed by atoms with Gasteiger partial charge in [0, 0.05) is 11.0 Å². The third-order valence-electron chi connectivity index (χ3n) is 2.64. The number of hydrogen-bond acceptors (Lipinski definition) is 3. The van der Waals surface area contributed by atoms with E-state index in [9.17, 15) is 13.2 Å². The Morgan fingerprint density at radius 1 is 1.40 bits per heavy atom. The molecule has 5 nitrogen and oxygen atoms in total. The molecule has 110 valence electrons. The second kappa shape index (κ2) is 6.51. The Morgan fingerprint density at radius 2 is 2.00 bits per heavy atom. The van der Waals surface area contributed by atoms with Gasteiger partial charge in [-0.15, -0.1) is 0 Å². The zero-order chi connectivity index (χ0) is 15.5. The molecule has 0 amide bonds. The van der Waals surface area contributed by atoms with Crippen LogP contribution in [0.3, 0.4) is 0 Å². The van der Waals surface area contributed by atoms with Gasteiger partial charge in [-0.3, -0.25) is 0 Å². The van der Waals surface area contributed by atoms with Gasteiger partial charge in [0.2, 0.25) is 10.0 Å². The Balaban J connectivity index is 3.19. The summed E-state index contributed by atoms with van der Waals surface area (Å²) in [4.78, 5) is 11.0. The van der Waals surface area contributed by atoms with E-state index >= 15 is 0 Å². The molecule has 0 fully saturated rings. The molecule has 0 saturated heterocycles. The van der Waals surface area contributed by atoms with Crippen LogP contribution >= 0.6 is 15.9 Å². The lowest BCUT2D eigenvalue weighted by Gasteiger charge is -2.09. The van der Waals surface area contributed by atoms with Crippen molar-refractivity contribution in [3.63, 3.8) is 0 Å². The van der Waals surface area contributed by atoms with Gasteiger partial charge in [0.25, 0.3) is 0 Å². The fourth-order valence-corrected chi connectivity index (χ4v) is 3.10. The molecule has 0 saturated carbocycles. The first-order valence-electron chi connectivity index (χ1n) is 5.81. The van der Waals surface area contributed by atoms with E-state index in [2.05, 4.69) is 20.7 Å². The maximum absolute atomic E-state index is 12.1. The molecule has 1 aromatic carbocycles. The van der Waals surface area contributed by atoms with Crippen LogP contribution in [-0.4, -0.2) is 26.0 Å². The zero-order valence-corrected chi connectivity index (χ0v) is 13.8. The van der Waals surface area contributed by atoms with Crippen LogP contribution in [-0.2, 0) is 10.0 Å². The minimum atomic E-state index is -3.74. The molecule has 20 heavy (non-hydrogen) atoms. The molecule has 0 unspecified atom stereocenters. The number of halogens is 1. The molecule has 1 aromatic rings. The summed E-state index contributed by atoms with van der Waals surface area (Å²) in [5.41, 5.74) is 1.44. The highest BCUT2D eigenvalue weighted by atomic mass is 79.9. The Bertz CT molecular complexity index is 661. The predicted molar refractivity (Wildman–Crippen MR) is 80.5 cm³/mol. The van der Waals surface area contributed by atoms with Gasteiger partial charge in [-0.2, -0.15) is 0 Å². The lowest BCUT2D eigenvalue weighted by Crippen LogP contribution is -2.24. The van der Waals surface area contributed by atoms with Crippen molar-refractivity contribution in [3.05, 3.63) is 39.4 Å². The monoisotopic (exact) mass is 361 g/mol. The van der Waals surface area contributed by atoms with Gasteiger partial charge >= 0.3 is 5.97 Å². The van der Waals surface area contributed by atoms with Crippen LogP contribution in [0, 0.1) is 6.92 Å². The van der Waals surface area contributed by atoms with Gasteiger partial charge < -0.3 is 5.11 Å². The predicted octanol–water partition coefficient (Wildman–Crippen LogP) is 2.70. The maximum Gasteiger partial charge on any atom is 0.336 e. The SMILES string of the molecule is CC(C)=CCNS(=O)(=O)c1cc(Br)c(C)c(C(=O)O)c1. The van der Waals surface area contributed by atoms with Crippen molar-refractivity contribution in [1.82, 2.24) is 4.72 Å². The van der Waals surface area contributed by atoms with Crippen LogP contribution in [0.1, 0.15) is 29.8 Å². The van der Waals surface area contributed by atoms with Crippen molar-refractivity contribution in [2.75, 3.05) is 6.54 Å². The van der Waals surface area contributed by atoms with E-state index in [1.54, 1.807) is 13.0 Å². The quantitative estimate of drug-likeness (QED) is 0.789. The highest BCUT2D eigenvalue weighted by Gasteiger charge is 2.19. The summed E-state index contributed by atoms with van der Waals surface area (Å²) in [6, 6.07) is 2.56. The van der Waals surface area contributed by atoms with E-state index in [0.29, 0.717) is 10.0 Å². The smallest absolute Gasteiger partial charge is 0.336 e. The van der Waals surface area contributed by atoms with E-state index in [1.165, 1.54) is 6.07 Å². The average molecular weight is 362 g/mol. The van der Waals surface area contributed by atoms with Crippen molar-refractivity contribution >= 4 is 31.9 Å². The molecular weight excluding hydrogens is 346 g/mol. The normalized spacial score (nSPS) is 11.2. The van der Waals surface area contributed by atoms with Crippen LogP contribution in [0.2, 0.25) is 0 Å². The molecule has 0 bridgehead atoms. The fraction of sp³-hybridized carbons (Fsp3) is 0.308. The van der Waals surface area contributed by atoms with Gasteiger partial charge in [0.05, 0.1) is 10.5 Å². The Kier molecular flexibility index (Phi) is 5.50. The second-order valence-corrected chi connectivity index (χ2v) is 7.14. The summed E-state index contributed by atoms with van der Waals surface area (Å²) < 4.78 is 27.0. The fourth-order valence-electron chi connectivity index (χ4n) is 1.47. The topological polar surface area (TPSA) is 83.5 Å². The van der Waals surface area contributed by atoms with Gasteiger partial charge in [-0.05, 0) is 38.5 Å². The molecule has 0 radical (unpaired) electrons. The molecule has 1 rings (SSSR count).